The molecule has 8 nitrogen and oxygen atoms in total. The zero-order valence-electron chi connectivity index (χ0n) is 16.0. The molecule has 3 N–H and O–H groups in total. The van der Waals surface area contributed by atoms with Gasteiger partial charge in [0.15, 0.2) is 11.5 Å². The van der Waals surface area contributed by atoms with Gasteiger partial charge in [0, 0.05) is 17.3 Å². The fourth-order valence-electron chi connectivity index (χ4n) is 3.14. The van der Waals surface area contributed by atoms with E-state index in [1.165, 1.54) is 6.33 Å². The van der Waals surface area contributed by atoms with Crippen LogP contribution in [0.2, 0.25) is 0 Å². The molecule has 0 amide bonds. The Hall–Kier alpha value is -3.83. The molecule has 0 saturated heterocycles. The van der Waals surface area contributed by atoms with Gasteiger partial charge < -0.3 is 15.4 Å². The SMILES string of the molecule is CC(O)c1ccc(-c2cc(C(C)Nc3ncnc4nc[nH]c34)ccc2C#N)cn1. The number of anilines is 1. The molecule has 0 bridgehead atoms. The molecule has 0 saturated carbocycles. The molecule has 0 aliphatic carbocycles. The maximum absolute atomic E-state index is 9.66. The fourth-order valence-corrected chi connectivity index (χ4v) is 3.14. The fraction of sp³-hybridized carbons (Fsp3) is 0.190. The van der Waals surface area contributed by atoms with Crippen LogP contribution >= 0.6 is 0 Å². The lowest BCUT2D eigenvalue weighted by Crippen LogP contribution is -2.09. The van der Waals surface area contributed by atoms with Gasteiger partial charge in [0.2, 0.25) is 0 Å². The average molecular weight is 385 g/mol. The maximum atomic E-state index is 9.66. The van der Waals surface area contributed by atoms with Gasteiger partial charge in [-0.3, -0.25) is 4.98 Å². The van der Waals surface area contributed by atoms with Gasteiger partial charge in [-0.25, -0.2) is 15.0 Å². The maximum Gasteiger partial charge on any atom is 0.182 e. The Labute approximate surface area is 167 Å². The van der Waals surface area contributed by atoms with Gasteiger partial charge >= 0.3 is 0 Å². The first-order valence-electron chi connectivity index (χ1n) is 9.16. The molecule has 0 aliphatic heterocycles. The number of hydrogen-bond donors (Lipinski definition) is 3. The van der Waals surface area contributed by atoms with Crippen LogP contribution in [0, 0.1) is 11.3 Å². The third kappa shape index (κ3) is 3.63. The van der Waals surface area contributed by atoms with Crippen molar-refractivity contribution in [1.82, 2.24) is 24.9 Å². The quantitative estimate of drug-likeness (QED) is 0.480. The van der Waals surface area contributed by atoms with Gasteiger partial charge in [-0.05, 0) is 37.6 Å². The van der Waals surface area contributed by atoms with Crippen molar-refractivity contribution in [2.24, 2.45) is 0 Å². The number of benzene rings is 1. The van der Waals surface area contributed by atoms with Gasteiger partial charge in [-0.2, -0.15) is 5.26 Å². The molecule has 144 valence electrons. The summed E-state index contributed by atoms with van der Waals surface area (Å²) in [6.07, 6.45) is 4.09. The molecule has 0 spiro atoms. The van der Waals surface area contributed by atoms with Crippen LogP contribution in [0.25, 0.3) is 22.3 Å². The molecular formula is C21H19N7O. The van der Waals surface area contributed by atoms with Crippen molar-refractivity contribution < 1.29 is 5.11 Å². The number of imidazole rings is 1. The normalized spacial score (nSPS) is 13.0. The summed E-state index contributed by atoms with van der Waals surface area (Å²) in [6.45, 7) is 3.69. The Kier molecular flexibility index (Phi) is 4.89. The van der Waals surface area contributed by atoms with E-state index in [0.717, 1.165) is 22.2 Å². The van der Waals surface area contributed by atoms with Crippen molar-refractivity contribution in [3.8, 4) is 17.2 Å². The summed E-state index contributed by atoms with van der Waals surface area (Å²) in [7, 11) is 0. The summed E-state index contributed by atoms with van der Waals surface area (Å²) in [6, 6.07) is 11.5. The van der Waals surface area contributed by atoms with E-state index in [0.29, 0.717) is 22.7 Å². The molecule has 0 fully saturated rings. The van der Waals surface area contributed by atoms with Crippen molar-refractivity contribution in [3.63, 3.8) is 0 Å². The highest BCUT2D eigenvalue weighted by atomic mass is 16.3. The largest absolute Gasteiger partial charge is 0.387 e. The number of aliphatic hydroxyl groups is 1. The number of H-pyrrole nitrogens is 1. The first-order chi connectivity index (χ1) is 14.1. The van der Waals surface area contributed by atoms with Gasteiger partial charge in [0.1, 0.15) is 11.8 Å². The molecular weight excluding hydrogens is 366 g/mol. The summed E-state index contributed by atoms with van der Waals surface area (Å²) in [5, 5.41) is 22.6. The molecule has 2 unspecified atom stereocenters. The minimum atomic E-state index is -0.637. The number of aromatic amines is 1. The number of pyridine rings is 1. The zero-order chi connectivity index (χ0) is 20.4. The summed E-state index contributed by atoms with van der Waals surface area (Å²) in [4.78, 5) is 19.9. The Morgan fingerprint density at radius 1 is 1.10 bits per heavy atom. The number of nitrogens with zero attached hydrogens (tertiary/aromatic N) is 5. The Morgan fingerprint density at radius 3 is 2.69 bits per heavy atom. The molecule has 0 aliphatic rings. The minimum absolute atomic E-state index is 0.0763. The molecule has 3 heterocycles. The molecule has 3 aromatic heterocycles. The van der Waals surface area contributed by atoms with Crippen LogP contribution in [0.15, 0.2) is 49.2 Å². The van der Waals surface area contributed by atoms with Crippen molar-refractivity contribution in [2.45, 2.75) is 26.0 Å². The van der Waals surface area contributed by atoms with E-state index in [1.54, 1.807) is 31.6 Å². The molecule has 4 rings (SSSR count). The van der Waals surface area contributed by atoms with Crippen LogP contribution in [0.3, 0.4) is 0 Å². The zero-order valence-corrected chi connectivity index (χ0v) is 16.0. The average Bonchev–Trinajstić information content (AvgIpc) is 3.23. The molecule has 0 radical (unpaired) electrons. The van der Waals surface area contributed by atoms with E-state index in [4.69, 9.17) is 0 Å². The molecule has 8 heteroatoms. The van der Waals surface area contributed by atoms with Gasteiger partial charge in [-0.15, -0.1) is 0 Å². The van der Waals surface area contributed by atoms with E-state index < -0.39 is 6.10 Å². The molecule has 29 heavy (non-hydrogen) atoms. The van der Waals surface area contributed by atoms with Crippen LogP contribution in [-0.4, -0.2) is 30.0 Å². The lowest BCUT2D eigenvalue weighted by atomic mass is 9.96. The number of nitriles is 1. The highest BCUT2D eigenvalue weighted by Gasteiger charge is 2.14. The van der Waals surface area contributed by atoms with Crippen LogP contribution in [0.4, 0.5) is 5.82 Å². The molecule has 2 atom stereocenters. The summed E-state index contributed by atoms with van der Waals surface area (Å²) in [5.41, 5.74) is 5.09. The monoisotopic (exact) mass is 385 g/mol. The predicted octanol–water partition coefficient (Wildman–Crippen LogP) is 3.51. The lowest BCUT2D eigenvalue weighted by Gasteiger charge is -2.17. The van der Waals surface area contributed by atoms with Crippen LogP contribution in [0.1, 0.15) is 42.8 Å². The highest BCUT2D eigenvalue weighted by molar-refractivity contribution is 5.82. The summed E-state index contributed by atoms with van der Waals surface area (Å²) in [5.74, 6) is 0.661. The van der Waals surface area contributed by atoms with Crippen molar-refractivity contribution >= 4 is 17.0 Å². The third-order valence-corrected chi connectivity index (χ3v) is 4.77. The van der Waals surface area contributed by atoms with Crippen molar-refractivity contribution in [2.75, 3.05) is 5.32 Å². The van der Waals surface area contributed by atoms with Crippen LogP contribution in [-0.2, 0) is 0 Å². The number of rotatable bonds is 5. The van der Waals surface area contributed by atoms with E-state index >= 15 is 0 Å². The number of aromatic nitrogens is 5. The van der Waals surface area contributed by atoms with Gasteiger partial charge in [0.25, 0.3) is 0 Å². The van der Waals surface area contributed by atoms with E-state index in [-0.39, 0.29) is 6.04 Å². The van der Waals surface area contributed by atoms with E-state index in [9.17, 15) is 10.4 Å². The molecule has 4 aromatic rings. The standard InChI is InChI=1S/C21H19N7O/c1-12(28-21-19-20(25-10-24-19)26-11-27-21)14-3-4-15(8-22)17(7-14)16-5-6-18(13(2)29)23-9-16/h3-7,9-13,29H,1-2H3,(H2,24,25,26,27,28). The van der Waals surface area contributed by atoms with E-state index in [2.05, 4.69) is 36.3 Å². The number of nitrogens with one attached hydrogen (secondary N) is 2. The first kappa shape index (κ1) is 18.5. The minimum Gasteiger partial charge on any atom is -0.387 e. The van der Waals surface area contributed by atoms with Crippen LogP contribution < -0.4 is 5.32 Å². The second kappa shape index (κ2) is 7.66. The Morgan fingerprint density at radius 2 is 1.97 bits per heavy atom. The number of aliphatic hydroxyl groups excluding tert-OH is 1. The van der Waals surface area contributed by atoms with Gasteiger partial charge in [0.05, 0.1) is 35.8 Å². The molecule has 1 aromatic carbocycles. The second-order valence-electron chi connectivity index (χ2n) is 6.75. The Balaban J connectivity index is 1.67. The highest BCUT2D eigenvalue weighted by Crippen LogP contribution is 2.29. The topological polar surface area (TPSA) is 123 Å². The summed E-state index contributed by atoms with van der Waals surface area (Å²) >= 11 is 0. The Bertz CT molecular complexity index is 1190. The summed E-state index contributed by atoms with van der Waals surface area (Å²) < 4.78 is 0. The lowest BCUT2D eigenvalue weighted by molar-refractivity contribution is 0.194. The van der Waals surface area contributed by atoms with Crippen molar-refractivity contribution in [1.29, 1.82) is 5.26 Å². The van der Waals surface area contributed by atoms with Crippen molar-refractivity contribution in [3.05, 3.63) is 66.0 Å². The van der Waals surface area contributed by atoms with Gasteiger partial charge in [-0.1, -0.05) is 12.1 Å². The number of hydrogen-bond acceptors (Lipinski definition) is 7. The predicted molar refractivity (Wildman–Crippen MR) is 109 cm³/mol. The smallest absolute Gasteiger partial charge is 0.182 e. The second-order valence-corrected chi connectivity index (χ2v) is 6.75. The number of fused-ring (bicyclic) bond motifs is 1. The third-order valence-electron chi connectivity index (χ3n) is 4.77. The van der Waals surface area contributed by atoms with E-state index in [1.807, 2.05) is 25.1 Å². The van der Waals surface area contributed by atoms with Crippen LogP contribution in [0.5, 0.6) is 0 Å². The first-order valence-corrected chi connectivity index (χ1v) is 9.16.